The van der Waals surface area contributed by atoms with Crippen molar-refractivity contribution in [3.8, 4) is 0 Å². The molecule has 0 radical (unpaired) electrons. The molecule has 2 saturated heterocycles. The highest BCUT2D eigenvalue weighted by molar-refractivity contribution is 5.77. The van der Waals surface area contributed by atoms with E-state index in [0.29, 0.717) is 17.2 Å². The molecule has 0 aromatic carbocycles. The van der Waals surface area contributed by atoms with Crippen molar-refractivity contribution < 1.29 is 4.79 Å². The van der Waals surface area contributed by atoms with Crippen LogP contribution in [0.3, 0.4) is 0 Å². The topological polar surface area (TPSA) is 32.3 Å². The van der Waals surface area contributed by atoms with Crippen LogP contribution in [0.4, 0.5) is 0 Å². The van der Waals surface area contributed by atoms with Gasteiger partial charge in [0.2, 0.25) is 5.91 Å². The van der Waals surface area contributed by atoms with E-state index in [1.54, 1.807) is 0 Å². The fourth-order valence-corrected chi connectivity index (χ4v) is 3.80. The lowest BCUT2D eigenvalue weighted by Crippen LogP contribution is -2.61. The summed E-state index contributed by atoms with van der Waals surface area (Å²) < 4.78 is 0. The Kier molecular flexibility index (Phi) is 3.12. The molecule has 0 atom stereocenters. The number of likely N-dealkylation sites (tertiary alicyclic amines) is 1. The maximum absolute atomic E-state index is 12.1. The Morgan fingerprint density at radius 2 is 1.82 bits per heavy atom. The summed E-state index contributed by atoms with van der Waals surface area (Å²) in [6.45, 7) is 4.37. The fourth-order valence-electron chi connectivity index (χ4n) is 3.80. The summed E-state index contributed by atoms with van der Waals surface area (Å²) in [5.41, 5.74) is 0.497. The molecule has 0 unspecified atom stereocenters. The van der Waals surface area contributed by atoms with Gasteiger partial charge < -0.3 is 10.2 Å². The van der Waals surface area contributed by atoms with Crippen LogP contribution in [0, 0.1) is 11.3 Å². The predicted octanol–water partition coefficient (Wildman–Crippen LogP) is 1.78. The molecule has 1 spiro atoms. The molecule has 2 aliphatic heterocycles. The summed E-state index contributed by atoms with van der Waals surface area (Å²) >= 11 is 0. The summed E-state index contributed by atoms with van der Waals surface area (Å²) in [6, 6.07) is 0. The van der Waals surface area contributed by atoms with Crippen molar-refractivity contribution in [2.24, 2.45) is 11.3 Å². The Hall–Kier alpha value is -0.570. The Balaban J connectivity index is 1.46. The first-order chi connectivity index (χ1) is 8.27. The monoisotopic (exact) mass is 236 g/mol. The molecule has 17 heavy (non-hydrogen) atoms. The molecule has 0 bridgehead atoms. The van der Waals surface area contributed by atoms with Crippen LogP contribution in [-0.4, -0.2) is 37.0 Å². The van der Waals surface area contributed by atoms with Gasteiger partial charge in [-0.25, -0.2) is 0 Å². The van der Waals surface area contributed by atoms with Crippen molar-refractivity contribution in [2.75, 3.05) is 26.2 Å². The molecule has 1 N–H and O–H groups in total. The van der Waals surface area contributed by atoms with Gasteiger partial charge in [-0.05, 0) is 44.7 Å². The SMILES string of the molecule is O=C(CC1CCCC1)N1CC2(CCNCC2)C1. The van der Waals surface area contributed by atoms with Crippen molar-refractivity contribution in [3.63, 3.8) is 0 Å². The molecule has 0 aromatic rings. The first-order valence-electron chi connectivity index (χ1n) is 7.26. The van der Waals surface area contributed by atoms with Gasteiger partial charge in [0.05, 0.1) is 0 Å². The molecule has 0 aromatic heterocycles. The van der Waals surface area contributed by atoms with Crippen molar-refractivity contribution in [3.05, 3.63) is 0 Å². The van der Waals surface area contributed by atoms with Crippen LogP contribution in [0.1, 0.15) is 44.9 Å². The summed E-state index contributed by atoms with van der Waals surface area (Å²) in [5, 5.41) is 3.41. The second kappa shape index (κ2) is 4.60. The van der Waals surface area contributed by atoms with Gasteiger partial charge in [-0.15, -0.1) is 0 Å². The third-order valence-corrected chi connectivity index (χ3v) is 5.01. The van der Waals surface area contributed by atoms with Gasteiger partial charge in [-0.3, -0.25) is 4.79 Å². The number of piperidine rings is 1. The molecule has 3 nitrogen and oxygen atoms in total. The lowest BCUT2D eigenvalue weighted by Gasteiger charge is -2.52. The molecule has 3 heteroatoms. The van der Waals surface area contributed by atoms with Gasteiger partial charge in [-0.2, -0.15) is 0 Å². The minimum absolute atomic E-state index is 0.432. The number of hydrogen-bond donors (Lipinski definition) is 1. The first-order valence-corrected chi connectivity index (χ1v) is 7.26. The Morgan fingerprint density at radius 3 is 2.47 bits per heavy atom. The number of rotatable bonds is 2. The number of nitrogens with zero attached hydrogens (tertiary/aromatic N) is 1. The third kappa shape index (κ3) is 2.35. The van der Waals surface area contributed by atoms with E-state index in [-0.39, 0.29) is 0 Å². The Morgan fingerprint density at radius 1 is 1.18 bits per heavy atom. The van der Waals surface area contributed by atoms with Crippen LogP contribution < -0.4 is 5.32 Å². The van der Waals surface area contributed by atoms with Gasteiger partial charge in [0.1, 0.15) is 0 Å². The quantitative estimate of drug-likeness (QED) is 0.792. The number of carbonyl (C=O) groups is 1. The minimum atomic E-state index is 0.432. The molecule has 1 amide bonds. The van der Waals surface area contributed by atoms with Crippen molar-refractivity contribution in [1.29, 1.82) is 0 Å². The van der Waals surface area contributed by atoms with Crippen molar-refractivity contribution in [1.82, 2.24) is 10.2 Å². The second-order valence-corrected chi connectivity index (χ2v) is 6.35. The fraction of sp³-hybridized carbons (Fsp3) is 0.929. The third-order valence-electron chi connectivity index (χ3n) is 5.01. The van der Waals surface area contributed by atoms with Gasteiger partial charge >= 0.3 is 0 Å². The number of nitrogens with one attached hydrogen (secondary N) is 1. The van der Waals surface area contributed by atoms with Crippen LogP contribution in [0.5, 0.6) is 0 Å². The summed E-state index contributed by atoms with van der Waals surface area (Å²) in [7, 11) is 0. The van der Waals surface area contributed by atoms with E-state index in [1.165, 1.54) is 38.5 Å². The van der Waals surface area contributed by atoms with Crippen molar-refractivity contribution in [2.45, 2.75) is 44.9 Å². The van der Waals surface area contributed by atoms with E-state index in [0.717, 1.165) is 32.6 Å². The number of hydrogen-bond acceptors (Lipinski definition) is 2. The van der Waals surface area contributed by atoms with E-state index in [2.05, 4.69) is 10.2 Å². The average Bonchev–Trinajstić information content (AvgIpc) is 2.79. The van der Waals surface area contributed by atoms with E-state index in [1.807, 2.05) is 0 Å². The van der Waals surface area contributed by atoms with Crippen LogP contribution >= 0.6 is 0 Å². The average molecular weight is 236 g/mol. The number of carbonyl (C=O) groups excluding carboxylic acids is 1. The minimum Gasteiger partial charge on any atom is -0.341 e. The van der Waals surface area contributed by atoms with Crippen LogP contribution in [0.2, 0.25) is 0 Å². The number of amides is 1. The predicted molar refractivity (Wildman–Crippen MR) is 67.7 cm³/mol. The van der Waals surface area contributed by atoms with E-state index >= 15 is 0 Å². The van der Waals surface area contributed by atoms with Gasteiger partial charge in [0, 0.05) is 24.9 Å². The van der Waals surface area contributed by atoms with Gasteiger partial charge in [0.15, 0.2) is 0 Å². The highest BCUT2D eigenvalue weighted by atomic mass is 16.2. The van der Waals surface area contributed by atoms with Gasteiger partial charge in [-0.1, -0.05) is 12.8 Å². The maximum Gasteiger partial charge on any atom is 0.222 e. The molecule has 1 aliphatic carbocycles. The summed E-state index contributed by atoms with van der Waals surface area (Å²) in [6.07, 6.45) is 8.61. The second-order valence-electron chi connectivity index (χ2n) is 6.35. The molecule has 96 valence electrons. The van der Waals surface area contributed by atoms with E-state index in [9.17, 15) is 4.79 Å². The molecule has 3 fully saturated rings. The summed E-state index contributed by atoms with van der Waals surface area (Å²) in [4.78, 5) is 14.2. The molecule has 3 rings (SSSR count). The van der Waals surface area contributed by atoms with E-state index in [4.69, 9.17) is 0 Å². The van der Waals surface area contributed by atoms with Crippen LogP contribution in [0.15, 0.2) is 0 Å². The molecular weight excluding hydrogens is 212 g/mol. The summed E-state index contributed by atoms with van der Waals surface area (Å²) in [5.74, 6) is 1.13. The highest BCUT2D eigenvalue weighted by Crippen LogP contribution is 2.39. The lowest BCUT2D eigenvalue weighted by molar-refractivity contribution is -0.146. The normalized spacial score (nSPS) is 28.4. The zero-order chi connectivity index (χ0) is 11.7. The Labute approximate surface area is 104 Å². The highest BCUT2D eigenvalue weighted by Gasteiger charge is 2.45. The standard InChI is InChI=1S/C14H24N2O/c17-13(9-12-3-1-2-4-12)16-10-14(11-16)5-7-15-8-6-14/h12,15H,1-11H2. The maximum atomic E-state index is 12.1. The Bertz CT molecular complexity index is 283. The van der Waals surface area contributed by atoms with E-state index < -0.39 is 0 Å². The largest absolute Gasteiger partial charge is 0.341 e. The molecule has 3 aliphatic rings. The van der Waals surface area contributed by atoms with Crippen molar-refractivity contribution >= 4 is 5.91 Å². The molecule has 1 saturated carbocycles. The smallest absolute Gasteiger partial charge is 0.222 e. The lowest BCUT2D eigenvalue weighted by atomic mass is 9.72. The van der Waals surface area contributed by atoms with Gasteiger partial charge in [0.25, 0.3) is 0 Å². The van der Waals surface area contributed by atoms with Crippen LogP contribution in [0.25, 0.3) is 0 Å². The molecular formula is C14H24N2O. The van der Waals surface area contributed by atoms with Crippen LogP contribution in [-0.2, 0) is 4.79 Å². The zero-order valence-corrected chi connectivity index (χ0v) is 10.7. The molecule has 2 heterocycles. The first kappa shape index (κ1) is 11.5. The zero-order valence-electron chi connectivity index (χ0n) is 10.7.